The molecule has 1 saturated carbocycles. The second kappa shape index (κ2) is 6.52. The van der Waals surface area contributed by atoms with Gasteiger partial charge in [0.05, 0.1) is 5.75 Å². The van der Waals surface area contributed by atoms with Gasteiger partial charge < -0.3 is 5.32 Å². The fraction of sp³-hybridized carbons (Fsp3) is 0.750. The Balaban J connectivity index is 1.76. The smallest absolute Gasteiger partial charge is 0.230 e. The number of hydrogen-bond acceptors (Lipinski definition) is 5. The number of nitrogens with one attached hydrogen (secondary N) is 1. The van der Waals surface area contributed by atoms with E-state index in [4.69, 9.17) is 0 Å². The molecule has 6 heteroatoms. The molecule has 4 nitrogen and oxygen atoms in total. The Morgan fingerprint density at radius 2 is 2.39 bits per heavy atom. The zero-order valence-corrected chi connectivity index (χ0v) is 12.4. The zero-order valence-electron chi connectivity index (χ0n) is 10.8. The summed E-state index contributed by atoms with van der Waals surface area (Å²) in [5.41, 5.74) is 1.69. The van der Waals surface area contributed by atoms with Crippen LogP contribution >= 0.6 is 23.1 Å². The van der Waals surface area contributed by atoms with Gasteiger partial charge in [0, 0.05) is 6.04 Å². The number of carbonyl (C=O) groups is 1. The van der Waals surface area contributed by atoms with E-state index >= 15 is 0 Å². The Morgan fingerprint density at radius 3 is 3.11 bits per heavy atom. The van der Waals surface area contributed by atoms with Crippen molar-refractivity contribution < 1.29 is 4.79 Å². The van der Waals surface area contributed by atoms with Crippen molar-refractivity contribution in [1.82, 2.24) is 15.5 Å². The van der Waals surface area contributed by atoms with E-state index in [1.807, 2.05) is 0 Å². The van der Waals surface area contributed by atoms with Crippen LogP contribution in [-0.2, 0) is 4.79 Å². The van der Waals surface area contributed by atoms with Gasteiger partial charge in [0.1, 0.15) is 5.51 Å². The number of aromatic nitrogens is 2. The van der Waals surface area contributed by atoms with Crippen LogP contribution < -0.4 is 5.32 Å². The van der Waals surface area contributed by atoms with Crippen LogP contribution in [0.15, 0.2) is 9.85 Å². The number of hydrogen-bond donors (Lipinski definition) is 1. The molecule has 18 heavy (non-hydrogen) atoms. The first-order valence-electron chi connectivity index (χ1n) is 6.35. The summed E-state index contributed by atoms with van der Waals surface area (Å²) in [5, 5.41) is 10.8. The van der Waals surface area contributed by atoms with Crippen molar-refractivity contribution in [2.24, 2.45) is 11.8 Å². The van der Waals surface area contributed by atoms with Crippen LogP contribution in [0.25, 0.3) is 0 Å². The fourth-order valence-electron chi connectivity index (χ4n) is 2.39. The Labute approximate surface area is 116 Å². The van der Waals surface area contributed by atoms with Crippen molar-refractivity contribution in [1.29, 1.82) is 0 Å². The van der Waals surface area contributed by atoms with Gasteiger partial charge in [0.2, 0.25) is 5.91 Å². The molecule has 1 aliphatic rings. The number of amides is 1. The Morgan fingerprint density at radius 1 is 1.56 bits per heavy atom. The van der Waals surface area contributed by atoms with Gasteiger partial charge in [-0.3, -0.25) is 4.79 Å². The molecule has 0 bridgehead atoms. The molecule has 2 rings (SSSR count). The number of carbonyl (C=O) groups excluding carboxylic acids is 1. The third-order valence-corrected chi connectivity index (χ3v) is 5.58. The molecule has 0 saturated heterocycles. The zero-order chi connectivity index (χ0) is 13.0. The minimum Gasteiger partial charge on any atom is -0.352 e. The van der Waals surface area contributed by atoms with Crippen molar-refractivity contribution in [2.45, 2.75) is 43.5 Å². The molecular weight excluding hydrogens is 266 g/mol. The molecule has 0 aliphatic heterocycles. The van der Waals surface area contributed by atoms with E-state index in [2.05, 4.69) is 29.4 Å². The quantitative estimate of drug-likeness (QED) is 0.864. The van der Waals surface area contributed by atoms with Crippen LogP contribution in [0, 0.1) is 11.8 Å². The first-order chi connectivity index (χ1) is 8.66. The molecule has 1 aromatic rings. The average Bonchev–Trinajstić information content (AvgIpc) is 2.86. The van der Waals surface area contributed by atoms with Crippen LogP contribution in [0.4, 0.5) is 0 Å². The predicted octanol–water partition coefficient (Wildman–Crippen LogP) is 2.57. The number of nitrogens with zero attached hydrogens (tertiary/aromatic N) is 2. The Bertz CT molecular complexity index is 383. The molecular formula is C12H19N3OS2. The third-order valence-electron chi connectivity index (χ3n) is 3.72. The molecule has 1 N–H and O–H groups in total. The predicted molar refractivity (Wildman–Crippen MR) is 74.7 cm³/mol. The highest BCUT2D eigenvalue weighted by molar-refractivity contribution is 8.01. The van der Waals surface area contributed by atoms with Crippen molar-refractivity contribution in [3.63, 3.8) is 0 Å². The largest absolute Gasteiger partial charge is 0.352 e. The van der Waals surface area contributed by atoms with Gasteiger partial charge in [-0.05, 0) is 18.3 Å². The van der Waals surface area contributed by atoms with Crippen LogP contribution in [0.3, 0.4) is 0 Å². The summed E-state index contributed by atoms with van der Waals surface area (Å²) < 4.78 is 0.857. The van der Waals surface area contributed by atoms with Crippen LogP contribution in [0.1, 0.15) is 33.1 Å². The molecule has 3 atom stereocenters. The maximum Gasteiger partial charge on any atom is 0.230 e. The van der Waals surface area contributed by atoms with Gasteiger partial charge in [-0.25, -0.2) is 0 Å². The Hall–Kier alpha value is -0.620. The van der Waals surface area contributed by atoms with E-state index in [1.165, 1.54) is 35.9 Å². The van der Waals surface area contributed by atoms with Crippen LogP contribution in [0.5, 0.6) is 0 Å². The van der Waals surface area contributed by atoms with Gasteiger partial charge in [-0.1, -0.05) is 49.8 Å². The lowest BCUT2D eigenvalue weighted by Gasteiger charge is -2.34. The minimum absolute atomic E-state index is 0.112. The number of thioether (sulfide) groups is 1. The molecule has 100 valence electrons. The van der Waals surface area contributed by atoms with E-state index in [0.717, 1.165) is 10.8 Å². The molecule has 1 aliphatic carbocycles. The van der Waals surface area contributed by atoms with Gasteiger partial charge in [0.15, 0.2) is 4.34 Å². The molecule has 1 heterocycles. The van der Waals surface area contributed by atoms with Gasteiger partial charge in [-0.15, -0.1) is 10.2 Å². The SMILES string of the molecule is C[C@H]1[C@H](C)CCC[C@@H]1NC(=O)CSc1nncs1. The summed E-state index contributed by atoms with van der Waals surface area (Å²) in [7, 11) is 0. The van der Waals surface area contributed by atoms with E-state index in [9.17, 15) is 4.79 Å². The highest BCUT2D eigenvalue weighted by atomic mass is 32.2. The fourth-order valence-corrected chi connectivity index (χ4v) is 3.69. The third kappa shape index (κ3) is 3.68. The second-order valence-electron chi connectivity index (χ2n) is 4.93. The highest BCUT2D eigenvalue weighted by Crippen LogP contribution is 2.29. The summed E-state index contributed by atoms with van der Waals surface area (Å²) in [4.78, 5) is 11.9. The topological polar surface area (TPSA) is 54.9 Å². The minimum atomic E-state index is 0.112. The number of rotatable bonds is 4. The molecule has 1 amide bonds. The highest BCUT2D eigenvalue weighted by Gasteiger charge is 2.27. The lowest BCUT2D eigenvalue weighted by Crippen LogP contribution is -2.44. The average molecular weight is 285 g/mol. The van der Waals surface area contributed by atoms with E-state index in [0.29, 0.717) is 23.6 Å². The van der Waals surface area contributed by atoms with Crippen LogP contribution in [-0.4, -0.2) is 27.9 Å². The summed E-state index contributed by atoms with van der Waals surface area (Å²) in [6, 6.07) is 0.344. The maximum atomic E-state index is 11.9. The van der Waals surface area contributed by atoms with E-state index in [1.54, 1.807) is 5.51 Å². The standard InChI is InChI=1S/C12H19N3OS2/c1-8-4-3-5-10(9(8)2)14-11(16)6-17-12-15-13-7-18-12/h7-10H,3-6H2,1-2H3,(H,14,16)/t8-,9+,10+/m1/s1. The molecule has 1 aromatic heterocycles. The van der Waals surface area contributed by atoms with E-state index in [-0.39, 0.29) is 5.91 Å². The van der Waals surface area contributed by atoms with Gasteiger partial charge >= 0.3 is 0 Å². The normalized spacial score (nSPS) is 28.0. The van der Waals surface area contributed by atoms with E-state index < -0.39 is 0 Å². The van der Waals surface area contributed by atoms with Crippen molar-refractivity contribution in [3.05, 3.63) is 5.51 Å². The molecule has 0 unspecified atom stereocenters. The van der Waals surface area contributed by atoms with Crippen LogP contribution in [0.2, 0.25) is 0 Å². The first kappa shape index (κ1) is 13.8. The summed E-state index contributed by atoms with van der Waals surface area (Å²) >= 11 is 2.93. The molecule has 1 fully saturated rings. The lowest BCUT2D eigenvalue weighted by atomic mass is 9.78. The monoisotopic (exact) mass is 285 g/mol. The summed E-state index contributed by atoms with van der Waals surface area (Å²) in [5.74, 6) is 1.84. The van der Waals surface area contributed by atoms with Crippen molar-refractivity contribution in [2.75, 3.05) is 5.75 Å². The summed E-state index contributed by atoms with van der Waals surface area (Å²) in [6.07, 6.45) is 3.62. The van der Waals surface area contributed by atoms with Crippen molar-refractivity contribution >= 4 is 29.0 Å². The van der Waals surface area contributed by atoms with Gasteiger partial charge in [0.25, 0.3) is 0 Å². The lowest BCUT2D eigenvalue weighted by molar-refractivity contribution is -0.119. The first-order valence-corrected chi connectivity index (χ1v) is 8.21. The van der Waals surface area contributed by atoms with Crippen molar-refractivity contribution in [3.8, 4) is 0 Å². The van der Waals surface area contributed by atoms with Gasteiger partial charge in [-0.2, -0.15) is 0 Å². The maximum absolute atomic E-state index is 11.9. The molecule has 0 aromatic carbocycles. The molecule has 0 radical (unpaired) electrons. The summed E-state index contributed by atoms with van der Waals surface area (Å²) in [6.45, 7) is 4.52. The molecule has 0 spiro atoms. The second-order valence-corrected chi connectivity index (χ2v) is 6.99. The Kier molecular flexibility index (Phi) is 5.00.